The van der Waals surface area contributed by atoms with Crippen LogP contribution in [0.1, 0.15) is 44.2 Å². The van der Waals surface area contributed by atoms with Crippen LogP contribution in [0.3, 0.4) is 0 Å². The van der Waals surface area contributed by atoms with Gasteiger partial charge < -0.3 is 5.32 Å². The smallest absolute Gasteiger partial charge is 0.128 e. The lowest BCUT2D eigenvalue weighted by Gasteiger charge is -2.18. The molecule has 3 heteroatoms. The average Bonchev–Trinajstić information content (AvgIpc) is 2.82. The van der Waals surface area contributed by atoms with Crippen molar-refractivity contribution in [3.05, 3.63) is 34.1 Å². The molecule has 0 aliphatic heterocycles. The van der Waals surface area contributed by atoms with Crippen molar-refractivity contribution in [1.29, 1.82) is 0 Å². The highest BCUT2D eigenvalue weighted by Gasteiger charge is 2.17. The Bertz CT molecular complexity index is 374. The Labute approximate surface area is 111 Å². The first-order valence-corrected chi connectivity index (χ1v) is 7.14. The summed E-state index contributed by atoms with van der Waals surface area (Å²) in [5.74, 6) is 0.660. The molecule has 1 unspecified atom stereocenters. The lowest BCUT2D eigenvalue weighted by atomic mass is 10.1. The van der Waals surface area contributed by atoms with Gasteiger partial charge in [0.2, 0.25) is 0 Å². The molecule has 1 aromatic rings. The fourth-order valence-electron chi connectivity index (χ4n) is 2.51. The van der Waals surface area contributed by atoms with Gasteiger partial charge in [-0.1, -0.05) is 28.8 Å². The molecular weight excluding hydrogens is 281 g/mol. The van der Waals surface area contributed by atoms with Crippen LogP contribution in [-0.4, -0.2) is 6.54 Å². The van der Waals surface area contributed by atoms with Crippen molar-refractivity contribution in [3.8, 4) is 0 Å². The van der Waals surface area contributed by atoms with Gasteiger partial charge in [0, 0.05) is 16.1 Å². The number of rotatable bonds is 4. The second kappa shape index (κ2) is 5.96. The molecule has 1 saturated carbocycles. The molecule has 0 radical (unpaired) electrons. The fourth-order valence-corrected chi connectivity index (χ4v) is 2.89. The molecule has 1 aliphatic rings. The minimum atomic E-state index is -0.125. The van der Waals surface area contributed by atoms with Gasteiger partial charge in [-0.15, -0.1) is 0 Å². The fraction of sp³-hybridized carbons (Fsp3) is 0.571. The van der Waals surface area contributed by atoms with E-state index in [0.717, 1.165) is 22.5 Å². The van der Waals surface area contributed by atoms with E-state index in [-0.39, 0.29) is 11.9 Å². The normalized spacial score (nSPS) is 18.5. The standard InChI is InChI=1S/C14H19BrFN/c1-10(17-9-11-4-2-3-5-11)13-8-12(15)6-7-14(13)16/h6-8,10-11,17H,2-5,9H2,1H3. The van der Waals surface area contributed by atoms with Crippen molar-refractivity contribution in [1.82, 2.24) is 5.32 Å². The van der Waals surface area contributed by atoms with Crippen LogP contribution in [0, 0.1) is 11.7 Å². The summed E-state index contributed by atoms with van der Waals surface area (Å²) in [4.78, 5) is 0. The van der Waals surface area contributed by atoms with Gasteiger partial charge in [-0.3, -0.25) is 0 Å². The van der Waals surface area contributed by atoms with E-state index >= 15 is 0 Å². The number of halogens is 2. The van der Waals surface area contributed by atoms with Gasteiger partial charge in [-0.25, -0.2) is 4.39 Å². The number of benzene rings is 1. The molecule has 1 aromatic carbocycles. The maximum atomic E-state index is 13.7. The maximum Gasteiger partial charge on any atom is 0.128 e. The third-order valence-corrected chi connectivity index (χ3v) is 4.11. The molecule has 0 heterocycles. The molecule has 1 fully saturated rings. The first-order chi connectivity index (χ1) is 8.16. The van der Waals surface area contributed by atoms with Gasteiger partial charge in [-0.2, -0.15) is 0 Å². The van der Waals surface area contributed by atoms with Crippen LogP contribution < -0.4 is 5.32 Å². The van der Waals surface area contributed by atoms with Crippen molar-refractivity contribution in [2.24, 2.45) is 5.92 Å². The highest BCUT2D eigenvalue weighted by Crippen LogP contribution is 2.26. The molecule has 2 rings (SSSR count). The highest BCUT2D eigenvalue weighted by molar-refractivity contribution is 9.10. The summed E-state index contributed by atoms with van der Waals surface area (Å²) in [5, 5.41) is 3.45. The largest absolute Gasteiger partial charge is 0.310 e. The van der Waals surface area contributed by atoms with Crippen molar-refractivity contribution < 1.29 is 4.39 Å². The van der Waals surface area contributed by atoms with E-state index in [9.17, 15) is 4.39 Å². The van der Waals surface area contributed by atoms with Crippen LogP contribution in [0.5, 0.6) is 0 Å². The molecule has 1 nitrogen and oxygen atoms in total. The Morgan fingerprint density at radius 2 is 2.12 bits per heavy atom. The lowest BCUT2D eigenvalue weighted by molar-refractivity contribution is 0.443. The van der Waals surface area contributed by atoms with E-state index in [0.29, 0.717) is 0 Å². The average molecular weight is 300 g/mol. The molecule has 1 atom stereocenters. The first kappa shape index (κ1) is 13.0. The second-order valence-corrected chi connectivity index (χ2v) is 5.86. The molecule has 0 bridgehead atoms. The van der Waals surface area contributed by atoms with E-state index in [1.807, 2.05) is 13.0 Å². The van der Waals surface area contributed by atoms with Gasteiger partial charge in [0.1, 0.15) is 5.82 Å². The van der Waals surface area contributed by atoms with Crippen LogP contribution >= 0.6 is 15.9 Å². The highest BCUT2D eigenvalue weighted by atomic mass is 79.9. The summed E-state index contributed by atoms with van der Waals surface area (Å²) in [6, 6.07) is 5.20. The van der Waals surface area contributed by atoms with Gasteiger partial charge >= 0.3 is 0 Å². The number of nitrogens with one attached hydrogen (secondary N) is 1. The molecule has 0 amide bonds. The molecule has 0 saturated heterocycles. The predicted molar refractivity (Wildman–Crippen MR) is 72.5 cm³/mol. The molecular formula is C14H19BrFN. The van der Waals surface area contributed by atoms with Crippen molar-refractivity contribution >= 4 is 15.9 Å². The first-order valence-electron chi connectivity index (χ1n) is 6.35. The quantitative estimate of drug-likeness (QED) is 0.867. The predicted octanol–water partition coefficient (Wildman–Crippen LogP) is 4.43. The van der Waals surface area contributed by atoms with Crippen LogP contribution in [-0.2, 0) is 0 Å². The molecule has 94 valence electrons. The summed E-state index contributed by atoms with van der Waals surface area (Å²) in [6.07, 6.45) is 5.35. The van der Waals surface area contributed by atoms with Gasteiger partial charge in [-0.05, 0) is 50.4 Å². The van der Waals surface area contributed by atoms with E-state index in [4.69, 9.17) is 0 Å². The molecule has 1 aliphatic carbocycles. The Kier molecular flexibility index (Phi) is 4.57. The van der Waals surface area contributed by atoms with E-state index < -0.39 is 0 Å². The van der Waals surface area contributed by atoms with Crippen LogP contribution in [0.25, 0.3) is 0 Å². The van der Waals surface area contributed by atoms with Crippen molar-refractivity contribution in [2.45, 2.75) is 38.6 Å². The van der Waals surface area contributed by atoms with Gasteiger partial charge in [0.25, 0.3) is 0 Å². The van der Waals surface area contributed by atoms with Crippen LogP contribution in [0.15, 0.2) is 22.7 Å². The lowest BCUT2D eigenvalue weighted by Crippen LogP contribution is -2.25. The Morgan fingerprint density at radius 1 is 1.41 bits per heavy atom. The van der Waals surface area contributed by atoms with Crippen LogP contribution in [0.2, 0.25) is 0 Å². The molecule has 17 heavy (non-hydrogen) atoms. The van der Waals surface area contributed by atoms with E-state index in [1.165, 1.54) is 31.7 Å². The van der Waals surface area contributed by atoms with E-state index in [1.54, 1.807) is 6.07 Å². The molecule has 1 N–H and O–H groups in total. The Hall–Kier alpha value is -0.410. The molecule has 0 aromatic heterocycles. The third kappa shape index (κ3) is 3.52. The minimum absolute atomic E-state index is 0.0769. The van der Waals surface area contributed by atoms with Crippen molar-refractivity contribution in [2.75, 3.05) is 6.54 Å². The topological polar surface area (TPSA) is 12.0 Å². The summed E-state index contributed by atoms with van der Waals surface area (Å²) in [7, 11) is 0. The minimum Gasteiger partial charge on any atom is -0.310 e. The third-order valence-electron chi connectivity index (χ3n) is 3.61. The monoisotopic (exact) mass is 299 g/mol. The number of hydrogen-bond acceptors (Lipinski definition) is 1. The summed E-state index contributed by atoms with van der Waals surface area (Å²) >= 11 is 3.39. The van der Waals surface area contributed by atoms with Crippen LogP contribution in [0.4, 0.5) is 4.39 Å². The Morgan fingerprint density at radius 3 is 2.82 bits per heavy atom. The van der Waals surface area contributed by atoms with E-state index in [2.05, 4.69) is 21.2 Å². The zero-order valence-electron chi connectivity index (χ0n) is 10.2. The SMILES string of the molecule is CC(NCC1CCCC1)c1cc(Br)ccc1F. The number of hydrogen-bond donors (Lipinski definition) is 1. The summed E-state index contributed by atoms with van der Waals surface area (Å²) in [6.45, 7) is 3.03. The summed E-state index contributed by atoms with van der Waals surface area (Å²) < 4.78 is 14.6. The summed E-state index contributed by atoms with van der Waals surface area (Å²) in [5.41, 5.74) is 0.748. The zero-order valence-corrected chi connectivity index (χ0v) is 11.8. The van der Waals surface area contributed by atoms with Gasteiger partial charge in [0.05, 0.1) is 0 Å². The Balaban J connectivity index is 1.93. The van der Waals surface area contributed by atoms with Crippen molar-refractivity contribution in [3.63, 3.8) is 0 Å². The molecule has 0 spiro atoms. The zero-order chi connectivity index (χ0) is 12.3. The second-order valence-electron chi connectivity index (χ2n) is 4.95. The van der Waals surface area contributed by atoms with Gasteiger partial charge in [0.15, 0.2) is 0 Å². The maximum absolute atomic E-state index is 13.7.